The topological polar surface area (TPSA) is 84.1 Å². The van der Waals surface area contributed by atoms with E-state index in [0.29, 0.717) is 17.5 Å². The summed E-state index contributed by atoms with van der Waals surface area (Å²) in [6.07, 6.45) is 2.79. The zero-order valence-electron chi connectivity index (χ0n) is 13.0. The van der Waals surface area contributed by atoms with Crippen molar-refractivity contribution in [3.63, 3.8) is 0 Å². The van der Waals surface area contributed by atoms with Crippen molar-refractivity contribution in [1.29, 1.82) is 0 Å². The van der Waals surface area contributed by atoms with Crippen molar-refractivity contribution in [2.24, 2.45) is 0 Å². The van der Waals surface area contributed by atoms with Gasteiger partial charge in [-0.25, -0.2) is 12.8 Å². The Morgan fingerprint density at radius 2 is 1.96 bits per heavy atom. The van der Waals surface area contributed by atoms with Crippen molar-refractivity contribution >= 4 is 15.7 Å². The molecule has 2 aromatic heterocycles. The van der Waals surface area contributed by atoms with Crippen LogP contribution in [0.1, 0.15) is 0 Å². The maximum Gasteiger partial charge on any atom is 0.387 e. The monoisotopic (exact) mass is 383 g/mol. The molecule has 0 saturated carbocycles. The molecule has 0 fully saturated rings. The molecule has 6 nitrogen and oxygen atoms in total. The molecule has 0 saturated heterocycles. The minimum absolute atomic E-state index is 0.134. The summed E-state index contributed by atoms with van der Waals surface area (Å²) in [5.74, 6) is -1.47. The average molecular weight is 383 g/mol. The van der Waals surface area contributed by atoms with E-state index in [2.05, 4.69) is 19.4 Å². The first kappa shape index (κ1) is 17.8. The van der Waals surface area contributed by atoms with E-state index in [4.69, 9.17) is 0 Å². The van der Waals surface area contributed by atoms with Crippen LogP contribution in [0, 0.1) is 5.82 Å². The molecule has 10 heteroatoms. The smallest absolute Gasteiger partial charge is 0.387 e. The number of ether oxygens (including phenoxy) is 1. The molecule has 0 atom stereocenters. The van der Waals surface area contributed by atoms with E-state index in [9.17, 15) is 21.6 Å². The van der Waals surface area contributed by atoms with Gasteiger partial charge in [0.25, 0.3) is 10.0 Å². The summed E-state index contributed by atoms with van der Waals surface area (Å²) in [7, 11) is -4.10. The molecule has 2 N–H and O–H groups in total. The molecule has 0 bridgehead atoms. The number of alkyl halides is 2. The van der Waals surface area contributed by atoms with Crippen LogP contribution in [0.15, 0.2) is 59.8 Å². The van der Waals surface area contributed by atoms with Crippen LogP contribution in [0.2, 0.25) is 0 Å². The normalized spacial score (nSPS) is 11.5. The highest BCUT2D eigenvalue weighted by Crippen LogP contribution is 2.26. The van der Waals surface area contributed by atoms with Crippen LogP contribution in [0.3, 0.4) is 0 Å². The molecule has 2 heterocycles. The molecular weight excluding hydrogens is 371 g/mol. The highest BCUT2D eigenvalue weighted by Gasteiger charge is 2.19. The molecule has 3 rings (SSSR count). The number of hydrogen-bond acceptors (Lipinski definition) is 4. The van der Waals surface area contributed by atoms with E-state index in [0.717, 1.165) is 12.1 Å². The fraction of sp³-hybridized carbons (Fsp3) is 0.0625. The van der Waals surface area contributed by atoms with Gasteiger partial charge in [-0.1, -0.05) is 6.07 Å². The van der Waals surface area contributed by atoms with E-state index in [1.807, 2.05) is 0 Å². The number of nitrogens with zero attached hydrogens (tertiary/aromatic N) is 1. The largest absolute Gasteiger partial charge is 0.435 e. The first-order valence-electron chi connectivity index (χ1n) is 7.22. The number of sulfonamides is 1. The molecule has 0 radical (unpaired) electrons. The third-order valence-electron chi connectivity index (χ3n) is 3.32. The predicted molar refractivity (Wildman–Crippen MR) is 87.9 cm³/mol. The number of anilines is 1. The molecule has 26 heavy (non-hydrogen) atoms. The van der Waals surface area contributed by atoms with Crippen molar-refractivity contribution in [2.45, 2.75) is 11.5 Å². The number of aromatic amines is 1. The Balaban J connectivity index is 1.82. The van der Waals surface area contributed by atoms with Gasteiger partial charge in [-0.15, -0.1) is 0 Å². The summed E-state index contributed by atoms with van der Waals surface area (Å²) >= 11 is 0. The minimum Gasteiger partial charge on any atom is -0.435 e. The molecule has 0 spiro atoms. The molecule has 0 amide bonds. The second kappa shape index (κ2) is 7.08. The first-order valence-corrected chi connectivity index (χ1v) is 8.70. The third-order valence-corrected chi connectivity index (χ3v) is 4.66. The van der Waals surface area contributed by atoms with E-state index >= 15 is 0 Å². The summed E-state index contributed by atoms with van der Waals surface area (Å²) in [5.41, 5.74) is 0.605. The van der Waals surface area contributed by atoms with Gasteiger partial charge >= 0.3 is 6.61 Å². The summed E-state index contributed by atoms with van der Waals surface area (Å²) in [6.45, 7) is -3.11. The maximum atomic E-state index is 13.9. The van der Waals surface area contributed by atoms with E-state index in [1.54, 1.807) is 24.4 Å². The summed E-state index contributed by atoms with van der Waals surface area (Å²) in [5, 5.41) is 0. The van der Waals surface area contributed by atoms with Crippen molar-refractivity contribution in [2.75, 3.05) is 4.72 Å². The Bertz CT molecular complexity index is 1010. The van der Waals surface area contributed by atoms with Gasteiger partial charge in [0.15, 0.2) is 5.82 Å². The standard InChI is InChI=1S/C16H12F3N3O3S/c17-12-7-10(25-16(18)19)4-5-13(12)22-26(23,24)11-8-15(21-9-11)14-3-1-2-6-20-14/h1-9,16,21-22H. The predicted octanol–water partition coefficient (Wildman–Crippen LogP) is 3.62. The number of nitrogens with one attached hydrogen (secondary N) is 2. The zero-order valence-corrected chi connectivity index (χ0v) is 13.8. The van der Waals surface area contributed by atoms with Gasteiger partial charge in [0.05, 0.1) is 17.1 Å². The fourth-order valence-electron chi connectivity index (χ4n) is 2.16. The van der Waals surface area contributed by atoms with Crippen molar-refractivity contribution in [3.05, 3.63) is 60.7 Å². The molecule has 1 aromatic carbocycles. The first-order chi connectivity index (χ1) is 12.3. The van der Waals surface area contributed by atoms with Crippen LogP contribution in [-0.4, -0.2) is 25.0 Å². The third kappa shape index (κ3) is 3.97. The van der Waals surface area contributed by atoms with Crippen molar-refractivity contribution in [3.8, 4) is 17.1 Å². The van der Waals surface area contributed by atoms with Gasteiger partial charge in [-0.2, -0.15) is 8.78 Å². The lowest BCUT2D eigenvalue weighted by atomic mass is 10.3. The van der Waals surface area contributed by atoms with Crippen molar-refractivity contribution < 1.29 is 26.3 Å². The SMILES string of the molecule is O=S(=O)(Nc1ccc(OC(F)F)cc1F)c1c[nH]c(-c2ccccn2)c1. The number of hydrogen-bond donors (Lipinski definition) is 2. The molecule has 0 aliphatic heterocycles. The van der Waals surface area contributed by atoms with Gasteiger partial charge < -0.3 is 9.72 Å². The number of pyridine rings is 1. The minimum atomic E-state index is -4.10. The number of halogens is 3. The van der Waals surface area contributed by atoms with Crippen LogP contribution in [0.4, 0.5) is 18.9 Å². The zero-order chi connectivity index (χ0) is 18.7. The van der Waals surface area contributed by atoms with Crippen LogP contribution in [0.5, 0.6) is 5.75 Å². The van der Waals surface area contributed by atoms with E-state index in [1.165, 1.54) is 12.3 Å². The second-order valence-electron chi connectivity index (χ2n) is 5.09. The van der Waals surface area contributed by atoms with Gasteiger partial charge in [0, 0.05) is 18.5 Å². The Kier molecular flexibility index (Phi) is 4.85. The van der Waals surface area contributed by atoms with Crippen LogP contribution in [0.25, 0.3) is 11.4 Å². The van der Waals surface area contributed by atoms with Gasteiger partial charge in [-0.3, -0.25) is 9.71 Å². The summed E-state index contributed by atoms with van der Waals surface area (Å²) in [4.78, 5) is 6.74. The maximum absolute atomic E-state index is 13.9. The molecule has 136 valence electrons. The Labute approximate surface area is 146 Å². The molecular formula is C16H12F3N3O3S. The number of H-pyrrole nitrogens is 1. The second-order valence-corrected chi connectivity index (χ2v) is 6.77. The molecule has 0 unspecified atom stereocenters. The quantitative estimate of drug-likeness (QED) is 0.681. The van der Waals surface area contributed by atoms with E-state index < -0.39 is 33.9 Å². The number of benzene rings is 1. The fourth-order valence-corrected chi connectivity index (χ4v) is 3.22. The van der Waals surface area contributed by atoms with E-state index in [-0.39, 0.29) is 4.90 Å². The molecule has 3 aromatic rings. The highest BCUT2D eigenvalue weighted by atomic mass is 32.2. The van der Waals surface area contributed by atoms with Crippen LogP contribution in [-0.2, 0) is 10.0 Å². The van der Waals surface area contributed by atoms with Crippen molar-refractivity contribution in [1.82, 2.24) is 9.97 Å². The lowest BCUT2D eigenvalue weighted by Crippen LogP contribution is -2.13. The average Bonchev–Trinajstić information content (AvgIpc) is 3.09. The van der Waals surface area contributed by atoms with Gasteiger partial charge in [-0.05, 0) is 30.3 Å². The highest BCUT2D eigenvalue weighted by molar-refractivity contribution is 7.92. The van der Waals surface area contributed by atoms with Gasteiger partial charge in [0.2, 0.25) is 0 Å². The summed E-state index contributed by atoms with van der Waals surface area (Å²) < 4.78 is 69.1. The lowest BCUT2D eigenvalue weighted by Gasteiger charge is -2.09. The van der Waals surface area contributed by atoms with Gasteiger partial charge in [0.1, 0.15) is 10.6 Å². The van der Waals surface area contributed by atoms with Crippen LogP contribution < -0.4 is 9.46 Å². The Morgan fingerprint density at radius 1 is 1.15 bits per heavy atom. The lowest BCUT2D eigenvalue weighted by molar-refractivity contribution is -0.0499. The van der Waals surface area contributed by atoms with Crippen LogP contribution >= 0.6 is 0 Å². The Morgan fingerprint density at radius 3 is 2.62 bits per heavy atom. The summed E-state index contributed by atoms with van der Waals surface area (Å²) in [6, 6.07) is 9.19. The number of aromatic nitrogens is 2. The Hall–Kier alpha value is -3.01. The molecule has 0 aliphatic rings. The number of rotatable bonds is 6. The molecule has 0 aliphatic carbocycles.